The standard InChI is InChI=1S/C21H21FN2O4S/c1-23(29(27,28)16-9-6-14(22)7-10-16)15-8-11-20-18(12-21(25)26)17-4-2-3-5-19(17)24(20)13-15/h2-7,9-10,15H,8,11-13H2,1H3,(H,25,26)/t15-/m1/s1/i1D3. The summed E-state index contributed by atoms with van der Waals surface area (Å²) in [6.07, 6.45) is 0.361. The highest BCUT2D eigenvalue weighted by Crippen LogP contribution is 2.33. The molecular weight excluding hydrogens is 395 g/mol. The number of hydrogen-bond acceptors (Lipinski definition) is 3. The van der Waals surface area contributed by atoms with Crippen molar-refractivity contribution in [1.29, 1.82) is 0 Å². The van der Waals surface area contributed by atoms with E-state index < -0.39 is 34.8 Å². The van der Waals surface area contributed by atoms with Gasteiger partial charge >= 0.3 is 5.97 Å². The van der Waals surface area contributed by atoms with Crippen LogP contribution in [0.4, 0.5) is 4.39 Å². The van der Waals surface area contributed by atoms with Crippen molar-refractivity contribution in [2.24, 2.45) is 0 Å². The smallest absolute Gasteiger partial charge is 0.307 e. The average Bonchev–Trinajstić information content (AvgIpc) is 3.00. The molecule has 0 amide bonds. The molecule has 0 unspecified atom stereocenters. The Hall–Kier alpha value is -2.71. The van der Waals surface area contributed by atoms with Crippen LogP contribution in [0.25, 0.3) is 10.9 Å². The first-order valence-electron chi connectivity index (χ1n) is 10.6. The molecule has 29 heavy (non-hydrogen) atoms. The van der Waals surface area contributed by atoms with Crippen molar-refractivity contribution in [1.82, 2.24) is 8.87 Å². The monoisotopic (exact) mass is 419 g/mol. The van der Waals surface area contributed by atoms with Gasteiger partial charge in [-0.25, -0.2) is 12.8 Å². The maximum atomic E-state index is 13.3. The van der Waals surface area contributed by atoms with E-state index in [4.69, 9.17) is 4.11 Å². The number of aromatic nitrogens is 1. The molecule has 152 valence electrons. The number of benzene rings is 2. The lowest BCUT2D eigenvalue weighted by atomic mass is 10.0. The first kappa shape index (κ1) is 16.1. The molecule has 0 aliphatic carbocycles. The van der Waals surface area contributed by atoms with Gasteiger partial charge in [0.2, 0.25) is 10.0 Å². The van der Waals surface area contributed by atoms with Crippen molar-refractivity contribution < 1.29 is 26.8 Å². The third kappa shape index (κ3) is 3.42. The van der Waals surface area contributed by atoms with Gasteiger partial charge in [-0.1, -0.05) is 18.2 Å². The van der Waals surface area contributed by atoms with Crippen LogP contribution in [0.2, 0.25) is 0 Å². The quantitative estimate of drug-likeness (QED) is 0.689. The Morgan fingerprint density at radius 1 is 1.28 bits per heavy atom. The lowest BCUT2D eigenvalue weighted by Gasteiger charge is -2.32. The Morgan fingerprint density at radius 3 is 2.69 bits per heavy atom. The van der Waals surface area contributed by atoms with Crippen molar-refractivity contribution in [2.45, 2.75) is 36.7 Å². The van der Waals surface area contributed by atoms with Crippen LogP contribution in [0.15, 0.2) is 53.4 Å². The van der Waals surface area contributed by atoms with Crippen LogP contribution >= 0.6 is 0 Å². The van der Waals surface area contributed by atoms with E-state index in [1.165, 1.54) is 0 Å². The van der Waals surface area contributed by atoms with Gasteiger partial charge in [-0.15, -0.1) is 0 Å². The minimum absolute atomic E-state index is 0.0638. The number of fused-ring (bicyclic) bond motifs is 3. The summed E-state index contributed by atoms with van der Waals surface area (Å²) in [5, 5.41) is 10.1. The fourth-order valence-corrected chi connectivity index (χ4v) is 5.26. The predicted molar refractivity (Wildman–Crippen MR) is 107 cm³/mol. The van der Waals surface area contributed by atoms with E-state index in [-0.39, 0.29) is 24.3 Å². The third-order valence-electron chi connectivity index (χ3n) is 5.33. The Kier molecular flexibility index (Phi) is 4.05. The van der Waals surface area contributed by atoms with Gasteiger partial charge in [-0.05, 0) is 48.7 Å². The minimum Gasteiger partial charge on any atom is -0.481 e. The fourth-order valence-electron chi connectivity index (χ4n) is 3.98. The van der Waals surface area contributed by atoms with Crippen LogP contribution < -0.4 is 0 Å². The summed E-state index contributed by atoms with van der Waals surface area (Å²) < 4.78 is 66.0. The second kappa shape index (κ2) is 7.27. The molecule has 1 aromatic heterocycles. The van der Waals surface area contributed by atoms with Crippen molar-refractivity contribution in [3.05, 3.63) is 65.6 Å². The molecule has 6 nitrogen and oxygen atoms in total. The number of rotatable bonds is 5. The topological polar surface area (TPSA) is 79.6 Å². The number of sulfonamides is 1. The zero-order valence-electron chi connectivity index (χ0n) is 18.4. The molecule has 0 saturated carbocycles. The minimum atomic E-state index is -4.45. The van der Waals surface area contributed by atoms with E-state index >= 15 is 0 Å². The van der Waals surface area contributed by atoms with E-state index in [1.807, 2.05) is 10.6 Å². The molecular formula is C21H21FN2O4S. The molecule has 2 heterocycles. The summed E-state index contributed by atoms with van der Waals surface area (Å²) in [5.41, 5.74) is 2.16. The molecule has 0 fully saturated rings. The van der Waals surface area contributed by atoms with Crippen LogP contribution in [0, 0.1) is 5.82 Å². The van der Waals surface area contributed by atoms with Crippen LogP contribution in [0.3, 0.4) is 0 Å². The lowest BCUT2D eigenvalue weighted by Crippen LogP contribution is -2.42. The number of carboxylic acid groups (broad SMARTS) is 1. The summed E-state index contributed by atoms with van der Waals surface area (Å²) in [4.78, 5) is 11.1. The van der Waals surface area contributed by atoms with Gasteiger partial charge in [-0.3, -0.25) is 4.79 Å². The molecule has 1 aliphatic heterocycles. The van der Waals surface area contributed by atoms with E-state index in [0.29, 0.717) is 16.3 Å². The molecule has 4 rings (SSSR count). The highest BCUT2D eigenvalue weighted by molar-refractivity contribution is 7.89. The molecule has 0 spiro atoms. The fraction of sp³-hybridized carbons (Fsp3) is 0.286. The zero-order chi connectivity index (χ0) is 23.3. The molecule has 3 aromatic rings. The zero-order valence-corrected chi connectivity index (χ0v) is 16.2. The van der Waals surface area contributed by atoms with Crippen LogP contribution in [0.1, 0.15) is 21.8 Å². The maximum absolute atomic E-state index is 13.3. The summed E-state index contributed by atoms with van der Waals surface area (Å²) >= 11 is 0. The van der Waals surface area contributed by atoms with Gasteiger partial charge in [0.1, 0.15) is 5.82 Å². The van der Waals surface area contributed by atoms with Crippen LogP contribution in [-0.4, -0.2) is 41.4 Å². The lowest BCUT2D eigenvalue weighted by molar-refractivity contribution is -0.136. The van der Waals surface area contributed by atoms with Gasteiger partial charge in [0, 0.05) is 40.3 Å². The Morgan fingerprint density at radius 2 is 2.00 bits per heavy atom. The number of hydrogen-bond donors (Lipinski definition) is 1. The van der Waals surface area contributed by atoms with E-state index in [1.54, 1.807) is 18.2 Å². The number of aliphatic carboxylic acids is 1. The summed E-state index contributed by atoms with van der Waals surface area (Å²) in [6.45, 7) is -2.89. The number of nitrogens with zero attached hydrogens (tertiary/aromatic N) is 2. The molecule has 1 atom stereocenters. The van der Waals surface area contributed by atoms with Gasteiger partial charge in [-0.2, -0.15) is 4.31 Å². The van der Waals surface area contributed by atoms with Crippen molar-refractivity contribution >= 4 is 26.9 Å². The Balaban J connectivity index is 1.79. The molecule has 2 aromatic carbocycles. The molecule has 8 heteroatoms. The predicted octanol–water partition coefficient (Wildman–Crippen LogP) is 3.04. The molecule has 1 N–H and O–H groups in total. The Bertz CT molecular complexity index is 1290. The van der Waals surface area contributed by atoms with Crippen molar-refractivity contribution in [3.8, 4) is 0 Å². The third-order valence-corrected chi connectivity index (χ3v) is 7.02. The Labute approximate surface area is 172 Å². The summed E-state index contributed by atoms with van der Waals surface area (Å²) in [7, 11) is -4.45. The number of likely N-dealkylation sites (N-methyl/N-ethyl adjacent to an activating group) is 1. The summed E-state index contributed by atoms with van der Waals surface area (Å²) in [5.74, 6) is -1.61. The largest absolute Gasteiger partial charge is 0.481 e. The van der Waals surface area contributed by atoms with Gasteiger partial charge in [0.15, 0.2) is 0 Å². The number of para-hydroxylation sites is 1. The summed E-state index contributed by atoms with van der Waals surface area (Å²) in [6, 6.07) is 10.4. The van der Waals surface area contributed by atoms with Crippen molar-refractivity contribution in [3.63, 3.8) is 0 Å². The second-order valence-electron chi connectivity index (χ2n) is 7.07. The molecule has 0 radical (unpaired) electrons. The first-order valence-corrected chi connectivity index (χ1v) is 10.5. The number of carbonyl (C=O) groups is 1. The first-order chi connectivity index (χ1) is 15.0. The van der Waals surface area contributed by atoms with Crippen LogP contribution in [-0.2, 0) is 34.2 Å². The molecule has 1 aliphatic rings. The average molecular weight is 419 g/mol. The van der Waals surface area contributed by atoms with Gasteiger partial charge in [0.25, 0.3) is 0 Å². The van der Waals surface area contributed by atoms with E-state index in [2.05, 4.69) is 0 Å². The normalized spacial score (nSPS) is 18.8. The van der Waals surface area contributed by atoms with Gasteiger partial charge < -0.3 is 9.67 Å². The highest BCUT2D eigenvalue weighted by Gasteiger charge is 2.33. The van der Waals surface area contributed by atoms with E-state index in [0.717, 1.165) is 40.9 Å². The number of halogens is 1. The molecule has 0 saturated heterocycles. The number of carboxylic acids is 1. The maximum Gasteiger partial charge on any atom is 0.307 e. The van der Waals surface area contributed by atoms with Crippen LogP contribution in [0.5, 0.6) is 0 Å². The van der Waals surface area contributed by atoms with Gasteiger partial charge in [0.05, 0.1) is 11.3 Å². The second-order valence-corrected chi connectivity index (χ2v) is 8.89. The van der Waals surface area contributed by atoms with E-state index in [9.17, 15) is 22.7 Å². The molecule has 0 bridgehead atoms. The SMILES string of the molecule is [2H]C([2H])([2H])N([C@@H]1CCc2c(CC(=O)O)c3ccccc3n2C1)S(=O)(=O)c1ccc(F)cc1. The highest BCUT2D eigenvalue weighted by atomic mass is 32.2. The van der Waals surface area contributed by atoms with Crippen molar-refractivity contribution in [2.75, 3.05) is 6.98 Å².